The van der Waals surface area contributed by atoms with Crippen LogP contribution in [0.3, 0.4) is 0 Å². The van der Waals surface area contributed by atoms with Crippen molar-refractivity contribution in [2.75, 3.05) is 24.4 Å². The molecule has 3 N–H and O–H groups in total. The van der Waals surface area contributed by atoms with E-state index < -0.39 is 0 Å². The zero-order valence-corrected chi connectivity index (χ0v) is 26.4. The van der Waals surface area contributed by atoms with Gasteiger partial charge in [0.05, 0.1) is 23.5 Å². The van der Waals surface area contributed by atoms with Crippen molar-refractivity contribution in [2.45, 2.75) is 0 Å². The second-order valence-electron chi connectivity index (χ2n) is 9.18. The number of carbonyl (C=O) groups is 2. The van der Waals surface area contributed by atoms with Crippen molar-refractivity contribution in [2.24, 2.45) is 5.10 Å². The number of carbonyl (C=O) groups excluding carboxylic acids is 2. The summed E-state index contributed by atoms with van der Waals surface area (Å²) < 4.78 is 11.7. The molecule has 12 heteroatoms. The molecule has 0 aliphatic rings. The third-order valence-corrected chi connectivity index (χ3v) is 7.68. The number of hydrazone groups is 1. The Morgan fingerprint density at radius 3 is 2.48 bits per heavy atom. The van der Waals surface area contributed by atoms with E-state index in [9.17, 15) is 9.59 Å². The summed E-state index contributed by atoms with van der Waals surface area (Å²) in [5.41, 5.74) is 6.85. The number of hydrogen-bond donors (Lipinski definition) is 3. The van der Waals surface area contributed by atoms with Crippen LogP contribution in [-0.4, -0.2) is 36.7 Å². The third kappa shape index (κ3) is 8.22. The van der Waals surface area contributed by atoms with E-state index in [1.807, 2.05) is 60.0 Å². The van der Waals surface area contributed by atoms with Gasteiger partial charge in [0.25, 0.3) is 11.8 Å². The molecule has 0 aliphatic carbocycles. The lowest BCUT2D eigenvalue weighted by atomic mass is 10.1. The molecule has 5 rings (SSSR count). The van der Waals surface area contributed by atoms with E-state index in [0.717, 1.165) is 22.1 Å². The summed E-state index contributed by atoms with van der Waals surface area (Å²) in [5, 5.41) is 13.5. The summed E-state index contributed by atoms with van der Waals surface area (Å²) in [6.07, 6.45) is 1.48. The van der Waals surface area contributed by atoms with E-state index in [1.54, 1.807) is 36.4 Å². The number of benzene rings is 4. The lowest BCUT2D eigenvalue weighted by Gasteiger charge is -2.13. The first-order chi connectivity index (χ1) is 21.4. The Labute approximate surface area is 271 Å². The summed E-state index contributed by atoms with van der Waals surface area (Å²) in [6, 6.07) is 27.0. The van der Waals surface area contributed by atoms with E-state index in [0.29, 0.717) is 37.8 Å². The van der Waals surface area contributed by atoms with Crippen LogP contribution in [-0.2, 0) is 4.79 Å². The van der Waals surface area contributed by atoms with E-state index in [-0.39, 0.29) is 18.4 Å². The van der Waals surface area contributed by atoms with Crippen molar-refractivity contribution in [3.8, 4) is 22.8 Å². The van der Waals surface area contributed by atoms with Gasteiger partial charge in [0.2, 0.25) is 0 Å². The number of aromatic nitrogens is 1. The maximum atomic E-state index is 12.7. The number of halogens is 2. The van der Waals surface area contributed by atoms with Crippen LogP contribution in [0.15, 0.2) is 106 Å². The van der Waals surface area contributed by atoms with Crippen molar-refractivity contribution in [3.63, 3.8) is 0 Å². The standard InChI is InChI=1S/C32H25BrClN5O4S/c1-42-28-16-20(15-26(33)30(28)43-18-29(40)36-24-5-3-2-4-6-24)17-35-39-31(41)22-9-7-21(8-10-22)27-19-44-32(38-27)37-25-13-11-23(34)12-14-25/h2-17,19H,18H2,1H3,(H,36,40)(H,37,38)(H,39,41)/b35-17-. The molecular weight excluding hydrogens is 666 g/mol. The second-order valence-corrected chi connectivity index (χ2v) is 11.3. The topological polar surface area (TPSA) is 114 Å². The highest BCUT2D eigenvalue weighted by molar-refractivity contribution is 9.10. The van der Waals surface area contributed by atoms with Gasteiger partial charge in [-0.15, -0.1) is 11.3 Å². The second kappa shape index (κ2) is 14.6. The number of rotatable bonds is 11. The number of nitrogens with zero attached hydrogens (tertiary/aromatic N) is 2. The van der Waals surface area contributed by atoms with Crippen LogP contribution in [0.25, 0.3) is 11.3 Å². The number of methoxy groups -OCH3 is 1. The van der Waals surface area contributed by atoms with Gasteiger partial charge in [-0.05, 0) is 82.2 Å². The van der Waals surface area contributed by atoms with Crippen molar-refractivity contribution in [1.29, 1.82) is 0 Å². The van der Waals surface area contributed by atoms with E-state index in [4.69, 9.17) is 21.1 Å². The molecule has 44 heavy (non-hydrogen) atoms. The maximum Gasteiger partial charge on any atom is 0.271 e. The van der Waals surface area contributed by atoms with Gasteiger partial charge in [-0.1, -0.05) is 41.9 Å². The minimum Gasteiger partial charge on any atom is -0.493 e. The minimum atomic E-state index is -0.369. The molecule has 4 aromatic carbocycles. The number of amides is 2. The van der Waals surface area contributed by atoms with Gasteiger partial charge < -0.3 is 20.1 Å². The average Bonchev–Trinajstić information content (AvgIpc) is 3.50. The summed E-state index contributed by atoms with van der Waals surface area (Å²) >= 11 is 10.9. The monoisotopic (exact) mass is 689 g/mol. The summed E-state index contributed by atoms with van der Waals surface area (Å²) in [5.74, 6) is 0.0782. The molecule has 5 aromatic rings. The molecule has 2 amide bonds. The fourth-order valence-electron chi connectivity index (χ4n) is 3.95. The first-order valence-electron chi connectivity index (χ1n) is 13.1. The number of nitrogens with one attached hydrogen (secondary N) is 3. The van der Waals surface area contributed by atoms with Crippen LogP contribution in [0, 0.1) is 0 Å². The van der Waals surface area contributed by atoms with Crippen molar-refractivity contribution >= 4 is 73.4 Å². The third-order valence-electron chi connectivity index (χ3n) is 6.08. The minimum absolute atomic E-state index is 0.212. The van der Waals surface area contributed by atoms with Gasteiger partial charge in [-0.3, -0.25) is 9.59 Å². The molecular formula is C32H25BrClN5O4S. The number of thiazole rings is 1. The van der Waals surface area contributed by atoms with Crippen LogP contribution in [0.5, 0.6) is 11.5 Å². The van der Waals surface area contributed by atoms with Crippen LogP contribution < -0.4 is 25.5 Å². The molecule has 0 radical (unpaired) electrons. The summed E-state index contributed by atoms with van der Waals surface area (Å²) in [7, 11) is 1.49. The largest absolute Gasteiger partial charge is 0.493 e. The zero-order chi connectivity index (χ0) is 30.9. The lowest BCUT2D eigenvalue weighted by molar-refractivity contribution is -0.118. The Bertz CT molecular complexity index is 1780. The van der Waals surface area contributed by atoms with E-state index in [2.05, 4.69) is 42.1 Å². The fraction of sp³-hybridized carbons (Fsp3) is 0.0625. The number of para-hydroxylation sites is 1. The van der Waals surface area contributed by atoms with E-state index >= 15 is 0 Å². The average molecular weight is 691 g/mol. The van der Waals surface area contributed by atoms with Crippen molar-refractivity contribution in [1.82, 2.24) is 10.4 Å². The molecule has 1 aromatic heterocycles. The van der Waals surface area contributed by atoms with Gasteiger partial charge >= 0.3 is 0 Å². The van der Waals surface area contributed by atoms with Crippen LogP contribution in [0.1, 0.15) is 15.9 Å². The molecule has 0 saturated carbocycles. The van der Waals surface area contributed by atoms with Gasteiger partial charge in [0.15, 0.2) is 23.2 Å². The Hall–Kier alpha value is -4.71. The van der Waals surface area contributed by atoms with Crippen LogP contribution in [0.4, 0.5) is 16.5 Å². The molecule has 222 valence electrons. The van der Waals surface area contributed by atoms with Gasteiger partial charge in [0, 0.05) is 32.9 Å². The van der Waals surface area contributed by atoms with Gasteiger partial charge in [-0.25, -0.2) is 10.4 Å². The Balaban J connectivity index is 1.16. The first-order valence-corrected chi connectivity index (χ1v) is 15.2. The Morgan fingerprint density at radius 2 is 1.75 bits per heavy atom. The van der Waals surface area contributed by atoms with Crippen molar-refractivity contribution < 1.29 is 19.1 Å². The summed E-state index contributed by atoms with van der Waals surface area (Å²) in [4.78, 5) is 29.6. The molecule has 0 aliphatic heterocycles. The first kappa shape index (κ1) is 30.7. The predicted octanol–water partition coefficient (Wildman–Crippen LogP) is 7.76. The molecule has 0 spiro atoms. The highest BCUT2D eigenvalue weighted by atomic mass is 79.9. The number of anilines is 3. The zero-order valence-electron chi connectivity index (χ0n) is 23.2. The quantitative estimate of drug-likeness (QED) is 0.0965. The maximum absolute atomic E-state index is 12.7. The molecule has 0 bridgehead atoms. The van der Waals surface area contributed by atoms with Gasteiger partial charge in [-0.2, -0.15) is 5.10 Å². The number of ether oxygens (including phenoxy) is 2. The molecule has 0 atom stereocenters. The van der Waals surface area contributed by atoms with E-state index in [1.165, 1.54) is 24.7 Å². The van der Waals surface area contributed by atoms with Crippen LogP contribution in [0.2, 0.25) is 5.02 Å². The predicted molar refractivity (Wildman–Crippen MR) is 179 cm³/mol. The molecule has 0 unspecified atom stereocenters. The fourth-order valence-corrected chi connectivity index (χ4v) is 5.39. The van der Waals surface area contributed by atoms with Gasteiger partial charge in [0.1, 0.15) is 0 Å². The molecule has 0 fully saturated rings. The van der Waals surface area contributed by atoms with Crippen LogP contribution >= 0.6 is 38.9 Å². The Kier molecular flexibility index (Phi) is 10.2. The highest BCUT2D eigenvalue weighted by Gasteiger charge is 2.14. The SMILES string of the molecule is COc1cc(/C=N\NC(=O)c2ccc(-c3csc(Nc4ccc(Cl)cc4)n3)cc2)cc(Br)c1OCC(=O)Nc1ccccc1. The lowest BCUT2D eigenvalue weighted by Crippen LogP contribution is -2.20. The Morgan fingerprint density at radius 1 is 1.00 bits per heavy atom. The molecule has 1 heterocycles. The number of hydrogen-bond acceptors (Lipinski definition) is 8. The highest BCUT2D eigenvalue weighted by Crippen LogP contribution is 2.36. The molecule has 0 saturated heterocycles. The molecule has 9 nitrogen and oxygen atoms in total. The summed E-state index contributed by atoms with van der Waals surface area (Å²) in [6.45, 7) is -0.212. The van der Waals surface area contributed by atoms with Crippen molar-refractivity contribution in [3.05, 3.63) is 117 Å². The normalized spacial score (nSPS) is 10.8. The smallest absolute Gasteiger partial charge is 0.271 e.